The smallest absolute Gasteiger partial charge is 0.188 e. The highest BCUT2D eigenvalue weighted by Gasteiger charge is 2.54. The minimum Gasteiger partial charge on any atom is -0.382 e. The molecule has 164 valence electrons. The maximum absolute atomic E-state index is 10.9. The summed E-state index contributed by atoms with van der Waals surface area (Å²) < 4.78 is 22.9. The Morgan fingerprint density at radius 2 is 1.53 bits per heavy atom. The first-order chi connectivity index (χ1) is 14.2. The second kappa shape index (κ2) is 10.3. The van der Waals surface area contributed by atoms with Crippen molar-refractivity contribution in [3.8, 4) is 0 Å². The first kappa shape index (κ1) is 24.1. The number of rotatable bonds is 8. The van der Waals surface area contributed by atoms with Gasteiger partial charge >= 0.3 is 0 Å². The van der Waals surface area contributed by atoms with Crippen molar-refractivity contribution in [3.05, 3.63) is 67.6 Å². The van der Waals surface area contributed by atoms with Crippen LogP contribution in [0.25, 0.3) is 0 Å². The van der Waals surface area contributed by atoms with Gasteiger partial charge in [0.2, 0.25) is 0 Å². The highest BCUT2D eigenvalue weighted by atomic mass is 35.5. The van der Waals surface area contributed by atoms with Gasteiger partial charge in [-0.15, -0.1) is 0 Å². The SMILES string of the molecule is COC1OC(COCc2ccc(Cl)cc2Cl)[C@@H](OCc2ccc(Cl)cc2Cl)[C@@]1(C)O. The lowest BCUT2D eigenvalue weighted by Gasteiger charge is -2.29. The van der Waals surface area contributed by atoms with Crippen molar-refractivity contribution >= 4 is 46.4 Å². The van der Waals surface area contributed by atoms with Gasteiger partial charge in [0.1, 0.15) is 17.8 Å². The standard InChI is InChI=1S/C21H22Cl4O5/c1-21(26)19(29-10-13-4-6-15(23)8-17(13)25)18(30-20(21)27-2)11-28-9-12-3-5-14(22)7-16(12)24/h3-8,18-20,26H,9-11H2,1-2H3/t18?,19-,20?,21-/m1/s1. The van der Waals surface area contributed by atoms with E-state index in [1.165, 1.54) is 7.11 Å². The van der Waals surface area contributed by atoms with Crippen molar-refractivity contribution in [2.24, 2.45) is 0 Å². The highest BCUT2D eigenvalue weighted by molar-refractivity contribution is 6.35. The van der Waals surface area contributed by atoms with Gasteiger partial charge in [-0.2, -0.15) is 0 Å². The van der Waals surface area contributed by atoms with Crippen molar-refractivity contribution in [2.45, 2.75) is 44.2 Å². The third-order valence-electron chi connectivity index (χ3n) is 4.89. The zero-order valence-electron chi connectivity index (χ0n) is 16.4. The number of ether oxygens (including phenoxy) is 4. The minimum atomic E-state index is -1.39. The number of aliphatic hydroxyl groups is 1. The first-order valence-electron chi connectivity index (χ1n) is 9.20. The summed E-state index contributed by atoms with van der Waals surface area (Å²) in [5.41, 5.74) is 0.143. The summed E-state index contributed by atoms with van der Waals surface area (Å²) in [6, 6.07) is 10.3. The summed E-state index contributed by atoms with van der Waals surface area (Å²) in [5.74, 6) is 0. The van der Waals surface area contributed by atoms with Gasteiger partial charge in [-0.05, 0) is 42.3 Å². The van der Waals surface area contributed by atoms with E-state index in [2.05, 4.69) is 0 Å². The van der Waals surface area contributed by atoms with Crippen LogP contribution in [-0.4, -0.2) is 42.9 Å². The van der Waals surface area contributed by atoms with Gasteiger partial charge in [0.15, 0.2) is 6.29 Å². The number of hydrogen-bond acceptors (Lipinski definition) is 5. The molecule has 0 bridgehead atoms. The van der Waals surface area contributed by atoms with Crippen molar-refractivity contribution in [1.29, 1.82) is 0 Å². The molecule has 5 nitrogen and oxygen atoms in total. The molecular weight excluding hydrogens is 474 g/mol. The Morgan fingerprint density at radius 1 is 0.967 bits per heavy atom. The van der Waals surface area contributed by atoms with E-state index in [4.69, 9.17) is 65.4 Å². The molecule has 3 rings (SSSR count). The lowest BCUT2D eigenvalue weighted by Crippen LogP contribution is -2.48. The Bertz CT molecular complexity index is 876. The second-order valence-corrected chi connectivity index (χ2v) is 8.87. The summed E-state index contributed by atoms with van der Waals surface area (Å²) in [7, 11) is 1.46. The lowest BCUT2D eigenvalue weighted by atomic mass is 9.97. The Hall–Kier alpha value is -0.600. The van der Waals surface area contributed by atoms with E-state index >= 15 is 0 Å². The molecule has 0 aromatic heterocycles. The van der Waals surface area contributed by atoms with Gasteiger partial charge in [-0.1, -0.05) is 58.5 Å². The maximum atomic E-state index is 10.9. The molecule has 1 fully saturated rings. The molecule has 1 saturated heterocycles. The molecule has 0 aliphatic carbocycles. The van der Waals surface area contributed by atoms with Crippen LogP contribution >= 0.6 is 46.4 Å². The number of halogens is 4. The van der Waals surface area contributed by atoms with Crippen LogP contribution < -0.4 is 0 Å². The number of benzene rings is 2. The molecule has 0 saturated carbocycles. The largest absolute Gasteiger partial charge is 0.382 e. The fraction of sp³-hybridized carbons (Fsp3) is 0.429. The fourth-order valence-corrected chi connectivity index (χ4v) is 4.24. The number of hydrogen-bond donors (Lipinski definition) is 1. The van der Waals surface area contributed by atoms with Crippen LogP contribution in [0.3, 0.4) is 0 Å². The average molecular weight is 496 g/mol. The van der Waals surface area contributed by atoms with Gasteiger partial charge in [0.25, 0.3) is 0 Å². The molecule has 2 unspecified atom stereocenters. The lowest BCUT2D eigenvalue weighted by molar-refractivity contribution is -0.190. The van der Waals surface area contributed by atoms with Crippen LogP contribution in [0.2, 0.25) is 20.1 Å². The molecule has 30 heavy (non-hydrogen) atoms. The molecule has 1 N–H and O–H groups in total. The molecule has 0 radical (unpaired) electrons. The van der Waals surface area contributed by atoms with Crippen LogP contribution in [-0.2, 0) is 32.2 Å². The maximum Gasteiger partial charge on any atom is 0.188 e. The Balaban J connectivity index is 1.66. The molecule has 1 aliphatic heterocycles. The Labute approximate surface area is 195 Å². The summed E-state index contributed by atoms with van der Waals surface area (Å²) in [5, 5.41) is 13.0. The van der Waals surface area contributed by atoms with Crippen LogP contribution in [0.5, 0.6) is 0 Å². The van der Waals surface area contributed by atoms with Crippen molar-refractivity contribution in [3.63, 3.8) is 0 Å². The highest BCUT2D eigenvalue weighted by Crippen LogP contribution is 2.35. The van der Waals surface area contributed by atoms with E-state index in [0.29, 0.717) is 20.1 Å². The average Bonchev–Trinajstić information content (AvgIpc) is 2.92. The predicted octanol–water partition coefficient (Wildman–Crippen LogP) is 5.52. The van der Waals surface area contributed by atoms with E-state index in [-0.39, 0.29) is 19.8 Å². The summed E-state index contributed by atoms with van der Waals surface area (Å²) in [6.07, 6.45) is -2.15. The van der Waals surface area contributed by atoms with Gasteiger partial charge in [0, 0.05) is 27.2 Å². The summed E-state index contributed by atoms with van der Waals surface area (Å²) >= 11 is 24.3. The summed E-state index contributed by atoms with van der Waals surface area (Å²) in [6.45, 7) is 2.18. The van der Waals surface area contributed by atoms with Crippen molar-refractivity contribution < 1.29 is 24.1 Å². The van der Waals surface area contributed by atoms with E-state index in [0.717, 1.165) is 11.1 Å². The van der Waals surface area contributed by atoms with E-state index in [1.54, 1.807) is 43.3 Å². The van der Waals surface area contributed by atoms with Gasteiger partial charge in [0.05, 0.1) is 19.8 Å². The zero-order chi connectivity index (χ0) is 21.9. The third kappa shape index (κ3) is 5.60. The van der Waals surface area contributed by atoms with E-state index in [9.17, 15) is 5.11 Å². The molecular formula is C21H22Cl4O5. The molecule has 4 atom stereocenters. The first-order valence-corrected chi connectivity index (χ1v) is 10.7. The van der Waals surface area contributed by atoms with Gasteiger partial charge < -0.3 is 24.1 Å². The van der Waals surface area contributed by atoms with Crippen LogP contribution in [0.15, 0.2) is 36.4 Å². The monoisotopic (exact) mass is 494 g/mol. The quantitative estimate of drug-likeness (QED) is 0.522. The van der Waals surface area contributed by atoms with E-state index in [1.807, 2.05) is 0 Å². The zero-order valence-corrected chi connectivity index (χ0v) is 19.4. The predicted molar refractivity (Wildman–Crippen MR) is 117 cm³/mol. The van der Waals surface area contributed by atoms with Crippen molar-refractivity contribution in [2.75, 3.05) is 13.7 Å². The second-order valence-electron chi connectivity index (χ2n) is 7.19. The molecule has 1 aliphatic rings. The molecule has 0 amide bonds. The fourth-order valence-electron chi connectivity index (χ4n) is 3.32. The molecule has 2 aromatic rings. The molecule has 0 spiro atoms. The molecule has 2 aromatic carbocycles. The van der Waals surface area contributed by atoms with Crippen LogP contribution in [0.1, 0.15) is 18.1 Å². The van der Waals surface area contributed by atoms with Crippen LogP contribution in [0, 0.1) is 0 Å². The molecule has 1 heterocycles. The van der Waals surface area contributed by atoms with Gasteiger partial charge in [-0.3, -0.25) is 0 Å². The van der Waals surface area contributed by atoms with Gasteiger partial charge in [-0.25, -0.2) is 0 Å². The summed E-state index contributed by atoms with van der Waals surface area (Å²) in [4.78, 5) is 0. The Kier molecular flexibility index (Phi) is 8.29. The number of methoxy groups -OCH3 is 1. The topological polar surface area (TPSA) is 57.2 Å². The van der Waals surface area contributed by atoms with Crippen LogP contribution in [0.4, 0.5) is 0 Å². The normalized spacial score (nSPS) is 26.3. The Morgan fingerprint density at radius 3 is 2.07 bits per heavy atom. The minimum absolute atomic E-state index is 0.161. The van der Waals surface area contributed by atoms with Crippen molar-refractivity contribution in [1.82, 2.24) is 0 Å². The van der Waals surface area contributed by atoms with E-state index < -0.39 is 24.1 Å². The third-order valence-corrected chi connectivity index (χ3v) is 6.07. The molecule has 9 heteroatoms.